The Bertz CT molecular complexity index is 553. The van der Waals surface area contributed by atoms with Gasteiger partial charge in [0.25, 0.3) is 0 Å². The molecular weight excluding hydrogens is 270 g/mol. The summed E-state index contributed by atoms with van der Waals surface area (Å²) in [5.74, 6) is -0.603. The van der Waals surface area contributed by atoms with Crippen molar-refractivity contribution in [3.05, 3.63) is 29.3 Å². The van der Waals surface area contributed by atoms with Gasteiger partial charge in [0, 0.05) is 6.61 Å². The van der Waals surface area contributed by atoms with Crippen LogP contribution in [-0.4, -0.2) is 34.2 Å². The summed E-state index contributed by atoms with van der Waals surface area (Å²) in [5, 5.41) is 5.03. The van der Waals surface area contributed by atoms with Crippen LogP contribution in [0.5, 0.6) is 0 Å². The van der Waals surface area contributed by atoms with Crippen LogP contribution in [0.1, 0.15) is 22.8 Å². The Morgan fingerprint density at radius 3 is 2.53 bits per heavy atom. The van der Waals surface area contributed by atoms with Crippen molar-refractivity contribution in [2.45, 2.75) is 18.7 Å². The molecule has 0 spiro atoms. The van der Waals surface area contributed by atoms with E-state index in [1.165, 1.54) is 18.2 Å². The largest absolute Gasteiger partial charge is 0.460 e. The van der Waals surface area contributed by atoms with Gasteiger partial charge in [-0.1, -0.05) is 0 Å². The van der Waals surface area contributed by atoms with E-state index in [0.717, 1.165) is 0 Å². The van der Waals surface area contributed by atoms with Gasteiger partial charge in [0.1, 0.15) is 6.61 Å². The third-order valence-corrected chi connectivity index (χ3v) is 3.17. The van der Waals surface area contributed by atoms with Crippen molar-refractivity contribution in [1.29, 1.82) is 0 Å². The fraction of sp³-hybridized carbons (Fsp3) is 0.417. The molecule has 0 bridgehead atoms. The molecule has 106 valence electrons. The highest BCUT2D eigenvalue weighted by Gasteiger charge is 2.14. The normalized spacial score (nSPS) is 11.3. The average Bonchev–Trinajstić information content (AvgIpc) is 2.32. The summed E-state index contributed by atoms with van der Waals surface area (Å²) >= 11 is 0. The first-order valence-corrected chi connectivity index (χ1v) is 7.28. The molecule has 0 heterocycles. The molecule has 7 heteroatoms. The number of nitrogens with two attached hydrogens (primary N) is 1. The van der Waals surface area contributed by atoms with Gasteiger partial charge in [0.15, 0.2) is 0 Å². The second-order valence-corrected chi connectivity index (χ2v) is 5.47. The summed E-state index contributed by atoms with van der Waals surface area (Å²) < 4.78 is 32.5. The molecule has 0 aliphatic heterocycles. The van der Waals surface area contributed by atoms with Crippen LogP contribution >= 0.6 is 0 Å². The van der Waals surface area contributed by atoms with Crippen LogP contribution in [-0.2, 0) is 19.5 Å². The van der Waals surface area contributed by atoms with Crippen molar-refractivity contribution < 1.29 is 22.7 Å². The van der Waals surface area contributed by atoms with E-state index in [-0.39, 0.29) is 17.1 Å². The maximum absolute atomic E-state index is 11.7. The molecule has 0 saturated carbocycles. The van der Waals surface area contributed by atoms with Crippen LogP contribution < -0.4 is 5.14 Å². The monoisotopic (exact) mass is 287 g/mol. The summed E-state index contributed by atoms with van der Waals surface area (Å²) in [6, 6.07) is 4.13. The molecule has 0 fully saturated rings. The molecule has 0 aliphatic rings. The molecule has 0 radical (unpaired) electrons. The van der Waals surface area contributed by atoms with Crippen LogP contribution in [0, 0.1) is 6.92 Å². The zero-order chi connectivity index (χ0) is 14.5. The third-order valence-electron chi connectivity index (χ3n) is 2.28. The first kappa shape index (κ1) is 15.6. The standard InChI is InChI=1S/C12H17NO5S/c1-3-17-4-5-18-12(14)10-6-9(2)7-11(8-10)19(13,15)16/h6-8H,3-5H2,1-2H3,(H2,13,15,16). The lowest BCUT2D eigenvalue weighted by Crippen LogP contribution is -2.15. The molecule has 0 aromatic heterocycles. The summed E-state index contributed by atoms with van der Waals surface area (Å²) in [5.41, 5.74) is 0.767. The molecule has 0 atom stereocenters. The number of primary sulfonamides is 1. The van der Waals surface area contributed by atoms with Crippen LogP contribution in [0.3, 0.4) is 0 Å². The van der Waals surface area contributed by atoms with Gasteiger partial charge < -0.3 is 9.47 Å². The molecule has 19 heavy (non-hydrogen) atoms. The number of sulfonamides is 1. The smallest absolute Gasteiger partial charge is 0.338 e. The number of ether oxygens (including phenoxy) is 2. The van der Waals surface area contributed by atoms with Gasteiger partial charge in [-0.2, -0.15) is 0 Å². The van der Waals surface area contributed by atoms with Gasteiger partial charge >= 0.3 is 5.97 Å². The molecule has 0 saturated heterocycles. The van der Waals surface area contributed by atoms with Crippen molar-refractivity contribution in [2.75, 3.05) is 19.8 Å². The third kappa shape index (κ3) is 4.98. The minimum absolute atomic E-state index is 0.107. The fourth-order valence-corrected chi connectivity index (χ4v) is 2.09. The number of carbonyl (C=O) groups is 1. The van der Waals surface area contributed by atoms with E-state index in [2.05, 4.69) is 0 Å². The molecule has 1 aromatic rings. The van der Waals surface area contributed by atoms with E-state index in [1.54, 1.807) is 6.92 Å². The topological polar surface area (TPSA) is 95.7 Å². The average molecular weight is 287 g/mol. The molecule has 0 aliphatic carbocycles. The predicted molar refractivity (Wildman–Crippen MR) is 69.3 cm³/mol. The Morgan fingerprint density at radius 1 is 1.26 bits per heavy atom. The van der Waals surface area contributed by atoms with Crippen molar-refractivity contribution in [2.24, 2.45) is 5.14 Å². The van der Waals surface area contributed by atoms with Gasteiger partial charge in [-0.15, -0.1) is 0 Å². The Morgan fingerprint density at radius 2 is 1.95 bits per heavy atom. The lowest BCUT2D eigenvalue weighted by molar-refractivity contribution is 0.0335. The highest BCUT2D eigenvalue weighted by Crippen LogP contribution is 2.14. The predicted octanol–water partition coefficient (Wildman–Crippen LogP) is 0.836. The maximum Gasteiger partial charge on any atom is 0.338 e. The van der Waals surface area contributed by atoms with Gasteiger partial charge in [0.2, 0.25) is 10.0 Å². The van der Waals surface area contributed by atoms with Crippen molar-refractivity contribution in [1.82, 2.24) is 0 Å². The fourth-order valence-electron chi connectivity index (χ4n) is 1.45. The second kappa shape index (κ2) is 6.65. The first-order valence-electron chi connectivity index (χ1n) is 5.74. The molecule has 0 amide bonds. The van der Waals surface area contributed by atoms with E-state index in [1.807, 2.05) is 6.92 Å². The maximum atomic E-state index is 11.7. The molecule has 6 nitrogen and oxygen atoms in total. The van der Waals surface area contributed by atoms with Gasteiger partial charge in [-0.05, 0) is 37.6 Å². The summed E-state index contributed by atoms with van der Waals surface area (Å²) in [6.45, 7) is 4.46. The molecule has 2 N–H and O–H groups in total. The van der Waals surface area contributed by atoms with Gasteiger partial charge in [-0.25, -0.2) is 18.4 Å². The highest BCUT2D eigenvalue weighted by molar-refractivity contribution is 7.89. The molecule has 1 rings (SSSR count). The second-order valence-electron chi connectivity index (χ2n) is 3.91. The SMILES string of the molecule is CCOCCOC(=O)c1cc(C)cc(S(N)(=O)=O)c1. The van der Waals surface area contributed by atoms with Gasteiger partial charge in [-0.3, -0.25) is 0 Å². The molecule has 0 unspecified atom stereocenters. The Balaban J connectivity index is 2.83. The van der Waals surface area contributed by atoms with Crippen molar-refractivity contribution >= 4 is 16.0 Å². The summed E-state index contributed by atoms with van der Waals surface area (Å²) in [6.07, 6.45) is 0. The van der Waals surface area contributed by atoms with Crippen LogP contribution in [0.2, 0.25) is 0 Å². The zero-order valence-electron chi connectivity index (χ0n) is 10.9. The van der Waals surface area contributed by atoms with E-state index >= 15 is 0 Å². The number of aryl methyl sites for hydroxylation is 1. The van der Waals surface area contributed by atoms with Crippen LogP contribution in [0.25, 0.3) is 0 Å². The zero-order valence-corrected chi connectivity index (χ0v) is 11.7. The Hall–Kier alpha value is -1.44. The first-order chi connectivity index (χ1) is 8.84. The number of rotatable bonds is 6. The van der Waals surface area contributed by atoms with E-state index in [0.29, 0.717) is 18.8 Å². The summed E-state index contributed by atoms with van der Waals surface area (Å²) in [7, 11) is -3.84. The minimum atomic E-state index is -3.84. The minimum Gasteiger partial charge on any atom is -0.460 e. The van der Waals surface area contributed by atoms with E-state index < -0.39 is 16.0 Å². The number of hydrogen-bond acceptors (Lipinski definition) is 5. The quantitative estimate of drug-likeness (QED) is 0.617. The number of benzene rings is 1. The highest BCUT2D eigenvalue weighted by atomic mass is 32.2. The Kier molecular flexibility index (Phi) is 5.46. The van der Waals surface area contributed by atoms with E-state index in [9.17, 15) is 13.2 Å². The number of carbonyl (C=O) groups excluding carboxylic acids is 1. The number of hydrogen-bond donors (Lipinski definition) is 1. The summed E-state index contributed by atoms with van der Waals surface area (Å²) in [4.78, 5) is 11.6. The molecule has 1 aromatic carbocycles. The van der Waals surface area contributed by atoms with E-state index in [4.69, 9.17) is 14.6 Å². The lowest BCUT2D eigenvalue weighted by Gasteiger charge is -2.07. The van der Waals surface area contributed by atoms with Crippen LogP contribution in [0.4, 0.5) is 0 Å². The van der Waals surface area contributed by atoms with Gasteiger partial charge in [0.05, 0.1) is 17.1 Å². The van der Waals surface area contributed by atoms with Crippen molar-refractivity contribution in [3.8, 4) is 0 Å². The number of esters is 1. The molecular formula is C12H17NO5S. The van der Waals surface area contributed by atoms with Crippen molar-refractivity contribution in [3.63, 3.8) is 0 Å². The Labute approximate surface area is 112 Å². The lowest BCUT2D eigenvalue weighted by atomic mass is 10.1. The van der Waals surface area contributed by atoms with Crippen LogP contribution in [0.15, 0.2) is 23.1 Å².